The number of aryl methyl sites for hydroxylation is 1. The normalized spacial score (nSPS) is 10.5. The Morgan fingerprint density at radius 2 is 1.94 bits per heavy atom. The third kappa shape index (κ3) is 3.32. The van der Waals surface area contributed by atoms with E-state index in [1.807, 2.05) is 37.3 Å². The fourth-order valence-corrected chi connectivity index (χ4v) is 1.43. The van der Waals surface area contributed by atoms with Gasteiger partial charge in [-0.2, -0.15) is 0 Å². The minimum Gasteiger partial charge on any atom is -0.487 e. The molecule has 0 bridgehead atoms. The highest BCUT2D eigenvalue weighted by Crippen LogP contribution is 2.14. The Balaban J connectivity index is 1.90. The highest BCUT2D eigenvalue weighted by atomic mass is 16.5. The van der Waals surface area contributed by atoms with Gasteiger partial charge in [0.2, 0.25) is 0 Å². The minimum absolute atomic E-state index is 0.399. The molecule has 2 rings (SSSR count). The molecule has 17 heavy (non-hydrogen) atoms. The molecule has 1 heterocycles. The number of aromatic nitrogens is 1. The van der Waals surface area contributed by atoms with Crippen LogP contribution in [-0.4, -0.2) is 12.3 Å². The van der Waals surface area contributed by atoms with Gasteiger partial charge >= 0.3 is 0 Å². The Morgan fingerprint density at radius 1 is 1.18 bits per heavy atom. The molecule has 0 fully saturated rings. The third-order valence-corrected chi connectivity index (χ3v) is 2.30. The van der Waals surface area contributed by atoms with Gasteiger partial charge in [-0.15, -0.1) is 0 Å². The third-order valence-electron chi connectivity index (χ3n) is 2.30. The molecule has 2 aromatic rings. The van der Waals surface area contributed by atoms with E-state index in [1.165, 1.54) is 5.56 Å². The summed E-state index contributed by atoms with van der Waals surface area (Å²) in [4.78, 5) is 0. The van der Waals surface area contributed by atoms with Gasteiger partial charge in [0.25, 0.3) is 0 Å². The second-order valence-electron chi connectivity index (χ2n) is 3.82. The lowest BCUT2D eigenvalue weighted by Gasteiger charge is -2.03. The predicted molar refractivity (Wildman–Crippen MR) is 62.7 cm³/mol. The van der Waals surface area contributed by atoms with E-state index in [4.69, 9.17) is 14.0 Å². The van der Waals surface area contributed by atoms with Crippen molar-refractivity contribution in [3.8, 4) is 5.75 Å². The molecule has 1 aromatic carbocycles. The van der Waals surface area contributed by atoms with Crippen molar-refractivity contribution in [2.75, 3.05) is 7.11 Å². The maximum atomic E-state index is 5.58. The zero-order valence-corrected chi connectivity index (χ0v) is 9.97. The average Bonchev–Trinajstić information content (AvgIpc) is 2.77. The second-order valence-corrected chi connectivity index (χ2v) is 3.82. The summed E-state index contributed by atoms with van der Waals surface area (Å²) in [6.45, 7) is 2.87. The molecule has 0 aliphatic heterocycles. The number of methoxy groups -OCH3 is 1. The second kappa shape index (κ2) is 5.50. The van der Waals surface area contributed by atoms with Crippen LogP contribution >= 0.6 is 0 Å². The largest absolute Gasteiger partial charge is 0.487 e. The molecular weight excluding hydrogens is 218 g/mol. The monoisotopic (exact) mass is 233 g/mol. The number of hydrogen-bond donors (Lipinski definition) is 0. The molecule has 4 heteroatoms. The predicted octanol–water partition coefficient (Wildman–Crippen LogP) is 2.71. The minimum atomic E-state index is 0.399. The van der Waals surface area contributed by atoms with Gasteiger partial charge in [-0.25, -0.2) is 0 Å². The fourth-order valence-electron chi connectivity index (χ4n) is 1.43. The summed E-state index contributed by atoms with van der Waals surface area (Å²) in [6.07, 6.45) is 0. The zero-order valence-electron chi connectivity index (χ0n) is 9.97. The summed E-state index contributed by atoms with van der Waals surface area (Å²) in [7, 11) is 1.62. The van der Waals surface area contributed by atoms with Crippen molar-refractivity contribution in [1.29, 1.82) is 0 Å². The molecule has 0 aliphatic carbocycles. The molecule has 0 unspecified atom stereocenters. The van der Waals surface area contributed by atoms with E-state index >= 15 is 0 Å². The lowest BCUT2D eigenvalue weighted by atomic mass is 10.2. The van der Waals surface area contributed by atoms with Crippen LogP contribution < -0.4 is 4.74 Å². The van der Waals surface area contributed by atoms with Gasteiger partial charge in [-0.1, -0.05) is 22.9 Å². The molecule has 0 amide bonds. The molecule has 0 saturated heterocycles. The van der Waals surface area contributed by atoms with Crippen LogP contribution in [-0.2, 0) is 18.0 Å². The van der Waals surface area contributed by atoms with Gasteiger partial charge in [-0.3, -0.25) is 0 Å². The first-order chi connectivity index (χ1) is 8.28. The van der Waals surface area contributed by atoms with E-state index in [1.54, 1.807) is 7.11 Å². The molecule has 4 nitrogen and oxygen atoms in total. The maximum Gasteiger partial charge on any atom is 0.162 e. The van der Waals surface area contributed by atoms with Crippen LogP contribution in [0, 0.1) is 6.92 Å². The molecule has 90 valence electrons. The Morgan fingerprint density at radius 3 is 2.65 bits per heavy atom. The van der Waals surface area contributed by atoms with Crippen molar-refractivity contribution in [2.24, 2.45) is 0 Å². The smallest absolute Gasteiger partial charge is 0.162 e. The number of benzene rings is 1. The zero-order chi connectivity index (χ0) is 12.1. The number of rotatable bonds is 5. The Kier molecular flexibility index (Phi) is 3.77. The van der Waals surface area contributed by atoms with E-state index in [2.05, 4.69) is 5.16 Å². The SMILES string of the molecule is COCc1cc(COc2ccc(C)cc2)no1. The van der Waals surface area contributed by atoms with Crippen LogP contribution in [0.5, 0.6) is 5.75 Å². The van der Waals surface area contributed by atoms with Crippen LogP contribution in [0.2, 0.25) is 0 Å². The lowest BCUT2D eigenvalue weighted by Crippen LogP contribution is -1.95. The maximum absolute atomic E-state index is 5.58. The average molecular weight is 233 g/mol. The highest BCUT2D eigenvalue weighted by molar-refractivity contribution is 5.26. The summed E-state index contributed by atoms with van der Waals surface area (Å²) in [5.74, 6) is 1.53. The van der Waals surface area contributed by atoms with Gasteiger partial charge < -0.3 is 14.0 Å². The Labute approximate surface area is 100 Å². The van der Waals surface area contributed by atoms with Crippen molar-refractivity contribution >= 4 is 0 Å². The summed E-state index contributed by atoms with van der Waals surface area (Å²) in [5, 5.41) is 3.89. The molecule has 0 aliphatic rings. The van der Waals surface area contributed by atoms with E-state index < -0.39 is 0 Å². The molecule has 0 N–H and O–H groups in total. The summed E-state index contributed by atoms with van der Waals surface area (Å²) in [5.41, 5.74) is 1.97. The van der Waals surface area contributed by atoms with Crippen molar-refractivity contribution in [2.45, 2.75) is 20.1 Å². The summed E-state index contributed by atoms with van der Waals surface area (Å²) < 4.78 is 15.6. The first kappa shape index (κ1) is 11.7. The van der Waals surface area contributed by atoms with Crippen molar-refractivity contribution in [3.63, 3.8) is 0 Å². The van der Waals surface area contributed by atoms with E-state index in [9.17, 15) is 0 Å². The van der Waals surface area contributed by atoms with Gasteiger partial charge in [0.1, 0.15) is 24.7 Å². The van der Waals surface area contributed by atoms with Gasteiger partial charge in [-0.05, 0) is 19.1 Å². The fraction of sp³-hybridized carbons (Fsp3) is 0.308. The van der Waals surface area contributed by atoms with Crippen molar-refractivity contribution < 1.29 is 14.0 Å². The lowest BCUT2D eigenvalue weighted by molar-refractivity contribution is 0.155. The Hall–Kier alpha value is -1.81. The van der Waals surface area contributed by atoms with Crippen LogP contribution in [0.25, 0.3) is 0 Å². The van der Waals surface area contributed by atoms with Gasteiger partial charge in [0.05, 0.1) is 0 Å². The quantitative estimate of drug-likeness (QED) is 0.796. The standard InChI is InChI=1S/C13H15NO3/c1-10-3-5-12(6-4-10)16-8-11-7-13(9-15-2)17-14-11/h3-7H,8-9H2,1-2H3. The van der Waals surface area contributed by atoms with Crippen LogP contribution in [0.15, 0.2) is 34.9 Å². The van der Waals surface area contributed by atoms with E-state index in [0.29, 0.717) is 19.0 Å². The molecule has 0 saturated carbocycles. The summed E-state index contributed by atoms with van der Waals surface area (Å²) >= 11 is 0. The van der Waals surface area contributed by atoms with Crippen LogP contribution in [0.4, 0.5) is 0 Å². The molecule has 0 spiro atoms. The number of hydrogen-bond acceptors (Lipinski definition) is 4. The topological polar surface area (TPSA) is 44.5 Å². The highest BCUT2D eigenvalue weighted by Gasteiger charge is 2.04. The molecular formula is C13H15NO3. The van der Waals surface area contributed by atoms with E-state index in [0.717, 1.165) is 11.4 Å². The van der Waals surface area contributed by atoms with Gasteiger partial charge in [0.15, 0.2) is 5.76 Å². The van der Waals surface area contributed by atoms with Crippen molar-refractivity contribution in [1.82, 2.24) is 5.16 Å². The number of nitrogens with zero attached hydrogens (tertiary/aromatic N) is 1. The van der Waals surface area contributed by atoms with Gasteiger partial charge in [0, 0.05) is 13.2 Å². The first-order valence-corrected chi connectivity index (χ1v) is 5.41. The molecule has 1 aromatic heterocycles. The Bertz CT molecular complexity index is 462. The molecule has 0 atom stereocenters. The van der Waals surface area contributed by atoms with E-state index in [-0.39, 0.29) is 0 Å². The number of ether oxygens (including phenoxy) is 2. The molecule has 0 radical (unpaired) electrons. The van der Waals surface area contributed by atoms with Crippen LogP contribution in [0.1, 0.15) is 17.0 Å². The first-order valence-electron chi connectivity index (χ1n) is 5.41. The summed E-state index contributed by atoms with van der Waals surface area (Å²) in [6, 6.07) is 9.72. The van der Waals surface area contributed by atoms with Crippen LogP contribution in [0.3, 0.4) is 0 Å². The van der Waals surface area contributed by atoms with Crippen molar-refractivity contribution in [3.05, 3.63) is 47.3 Å².